The first-order valence-corrected chi connectivity index (χ1v) is 7.58. The highest BCUT2D eigenvalue weighted by Gasteiger charge is 2.30. The van der Waals surface area contributed by atoms with Gasteiger partial charge in [-0.3, -0.25) is 0 Å². The summed E-state index contributed by atoms with van der Waals surface area (Å²) in [5.74, 6) is 0.144. The molecule has 0 saturated heterocycles. The van der Waals surface area contributed by atoms with Crippen molar-refractivity contribution in [1.82, 2.24) is 15.0 Å². The monoisotopic (exact) mass is 357 g/mol. The van der Waals surface area contributed by atoms with Crippen molar-refractivity contribution in [3.05, 3.63) is 29.8 Å². The molecule has 0 aliphatic rings. The number of rotatable bonds is 6. The first kappa shape index (κ1) is 18.8. The second-order valence-corrected chi connectivity index (χ2v) is 5.64. The van der Waals surface area contributed by atoms with E-state index in [1.165, 1.54) is 12.1 Å². The molecule has 0 atom stereocenters. The van der Waals surface area contributed by atoms with Gasteiger partial charge in [0.05, 0.1) is 17.8 Å². The van der Waals surface area contributed by atoms with Crippen LogP contribution >= 0.6 is 0 Å². The van der Waals surface area contributed by atoms with Gasteiger partial charge in [-0.05, 0) is 52.0 Å². The number of alkyl halides is 3. The molecule has 9 heteroatoms. The standard InChI is InChI=1S/C16H18F3N3O3/c1-9(2)23-13-20-14(24-10(3)4)22-15(21-13)25-12-7-5-11(6-8-12)16(17,18)19/h5-10H,1-4H3. The molecule has 2 rings (SSSR count). The fourth-order valence-electron chi connectivity index (χ4n) is 1.71. The zero-order chi connectivity index (χ0) is 18.6. The lowest BCUT2D eigenvalue weighted by molar-refractivity contribution is -0.137. The number of benzene rings is 1. The van der Waals surface area contributed by atoms with Gasteiger partial charge in [0, 0.05) is 0 Å². The molecular formula is C16H18F3N3O3. The van der Waals surface area contributed by atoms with Crippen molar-refractivity contribution in [2.75, 3.05) is 0 Å². The van der Waals surface area contributed by atoms with Crippen LogP contribution in [0.5, 0.6) is 23.8 Å². The Morgan fingerprint density at radius 3 is 1.60 bits per heavy atom. The van der Waals surface area contributed by atoms with Gasteiger partial charge in [0.1, 0.15) is 5.75 Å². The number of hydrogen-bond donors (Lipinski definition) is 0. The largest absolute Gasteiger partial charge is 0.461 e. The summed E-state index contributed by atoms with van der Waals surface area (Å²) < 4.78 is 54.0. The van der Waals surface area contributed by atoms with E-state index in [0.29, 0.717) is 0 Å². The maximum absolute atomic E-state index is 12.6. The van der Waals surface area contributed by atoms with E-state index in [1.54, 1.807) is 27.7 Å². The van der Waals surface area contributed by atoms with E-state index in [9.17, 15) is 13.2 Å². The third kappa shape index (κ3) is 5.77. The molecule has 0 saturated carbocycles. The van der Waals surface area contributed by atoms with Gasteiger partial charge in [-0.15, -0.1) is 15.0 Å². The van der Waals surface area contributed by atoms with Crippen LogP contribution in [-0.2, 0) is 6.18 Å². The third-order valence-corrected chi connectivity index (χ3v) is 2.65. The summed E-state index contributed by atoms with van der Waals surface area (Å²) in [4.78, 5) is 12.0. The van der Waals surface area contributed by atoms with Gasteiger partial charge in [0.25, 0.3) is 0 Å². The lowest BCUT2D eigenvalue weighted by Gasteiger charge is -2.13. The molecule has 136 valence electrons. The van der Waals surface area contributed by atoms with E-state index in [1.807, 2.05) is 0 Å². The highest BCUT2D eigenvalue weighted by Crippen LogP contribution is 2.31. The maximum Gasteiger partial charge on any atom is 0.416 e. The molecule has 1 aromatic heterocycles. The molecule has 0 aliphatic heterocycles. The van der Waals surface area contributed by atoms with Gasteiger partial charge in [0.2, 0.25) is 0 Å². The lowest BCUT2D eigenvalue weighted by Crippen LogP contribution is -2.13. The predicted octanol–water partition coefficient (Wildman–Crippen LogP) is 4.26. The molecule has 0 N–H and O–H groups in total. The number of nitrogens with zero attached hydrogens (tertiary/aromatic N) is 3. The smallest absolute Gasteiger partial charge is 0.416 e. The normalized spacial score (nSPS) is 11.7. The first-order valence-electron chi connectivity index (χ1n) is 7.58. The number of halogens is 3. The molecule has 25 heavy (non-hydrogen) atoms. The maximum atomic E-state index is 12.6. The minimum absolute atomic E-state index is 0.00237. The van der Waals surface area contributed by atoms with Crippen molar-refractivity contribution < 1.29 is 27.4 Å². The number of aromatic nitrogens is 3. The van der Waals surface area contributed by atoms with E-state index in [-0.39, 0.29) is 36.0 Å². The van der Waals surface area contributed by atoms with E-state index in [4.69, 9.17) is 14.2 Å². The summed E-state index contributed by atoms with van der Waals surface area (Å²) >= 11 is 0. The highest BCUT2D eigenvalue weighted by atomic mass is 19.4. The van der Waals surface area contributed by atoms with Crippen molar-refractivity contribution in [3.63, 3.8) is 0 Å². The predicted molar refractivity (Wildman–Crippen MR) is 82.9 cm³/mol. The molecule has 1 aromatic carbocycles. The minimum atomic E-state index is -4.41. The van der Waals surface area contributed by atoms with Crippen LogP contribution in [0, 0.1) is 0 Å². The van der Waals surface area contributed by atoms with Gasteiger partial charge in [-0.2, -0.15) is 13.2 Å². The van der Waals surface area contributed by atoms with Crippen molar-refractivity contribution >= 4 is 0 Å². The fourth-order valence-corrected chi connectivity index (χ4v) is 1.71. The molecule has 0 unspecified atom stereocenters. The summed E-state index contributed by atoms with van der Waals surface area (Å²) in [5.41, 5.74) is -0.775. The average molecular weight is 357 g/mol. The van der Waals surface area contributed by atoms with Crippen molar-refractivity contribution in [3.8, 4) is 23.8 Å². The molecule has 0 spiro atoms. The van der Waals surface area contributed by atoms with Crippen LogP contribution in [0.3, 0.4) is 0 Å². The average Bonchev–Trinajstić information content (AvgIpc) is 2.45. The molecule has 0 amide bonds. The van der Waals surface area contributed by atoms with E-state index in [2.05, 4.69) is 15.0 Å². The molecule has 0 radical (unpaired) electrons. The Hall–Kier alpha value is -2.58. The van der Waals surface area contributed by atoms with Crippen LogP contribution in [0.2, 0.25) is 0 Å². The Morgan fingerprint density at radius 2 is 1.20 bits per heavy atom. The zero-order valence-electron chi connectivity index (χ0n) is 14.2. The Bertz CT molecular complexity index is 676. The summed E-state index contributed by atoms with van der Waals surface area (Å²) in [6, 6.07) is 4.05. The second-order valence-electron chi connectivity index (χ2n) is 5.64. The van der Waals surface area contributed by atoms with Crippen LogP contribution < -0.4 is 14.2 Å². The highest BCUT2D eigenvalue weighted by molar-refractivity contribution is 5.30. The van der Waals surface area contributed by atoms with Gasteiger partial charge in [0.15, 0.2) is 0 Å². The minimum Gasteiger partial charge on any atom is -0.461 e. The lowest BCUT2D eigenvalue weighted by atomic mass is 10.2. The van der Waals surface area contributed by atoms with Crippen molar-refractivity contribution in [2.24, 2.45) is 0 Å². The van der Waals surface area contributed by atoms with Gasteiger partial charge in [-0.1, -0.05) is 0 Å². The van der Waals surface area contributed by atoms with Crippen LogP contribution in [0.15, 0.2) is 24.3 Å². The molecule has 6 nitrogen and oxygen atoms in total. The molecule has 0 fully saturated rings. The van der Waals surface area contributed by atoms with E-state index < -0.39 is 11.7 Å². The summed E-state index contributed by atoms with van der Waals surface area (Å²) in [7, 11) is 0. The van der Waals surface area contributed by atoms with Crippen LogP contribution in [0.4, 0.5) is 13.2 Å². The molecule has 1 heterocycles. The van der Waals surface area contributed by atoms with Gasteiger partial charge in [-0.25, -0.2) is 0 Å². The van der Waals surface area contributed by atoms with Crippen LogP contribution in [0.1, 0.15) is 33.3 Å². The third-order valence-electron chi connectivity index (χ3n) is 2.65. The Kier molecular flexibility index (Phi) is 5.66. The van der Waals surface area contributed by atoms with Crippen molar-refractivity contribution in [2.45, 2.75) is 46.1 Å². The SMILES string of the molecule is CC(C)Oc1nc(Oc2ccc(C(F)(F)F)cc2)nc(OC(C)C)n1. The van der Waals surface area contributed by atoms with Gasteiger partial charge < -0.3 is 14.2 Å². The number of ether oxygens (including phenoxy) is 3. The number of hydrogen-bond acceptors (Lipinski definition) is 6. The van der Waals surface area contributed by atoms with Crippen LogP contribution in [0.25, 0.3) is 0 Å². The molecule has 2 aromatic rings. The van der Waals surface area contributed by atoms with E-state index in [0.717, 1.165) is 12.1 Å². The van der Waals surface area contributed by atoms with Crippen molar-refractivity contribution in [1.29, 1.82) is 0 Å². The molecular weight excluding hydrogens is 339 g/mol. The Balaban J connectivity index is 2.24. The Morgan fingerprint density at radius 1 is 0.760 bits per heavy atom. The summed E-state index contributed by atoms with van der Waals surface area (Å²) in [5, 5.41) is 0. The second kappa shape index (κ2) is 7.54. The summed E-state index contributed by atoms with van der Waals surface area (Å²) in [6.45, 7) is 7.18. The Labute approximate surface area is 143 Å². The topological polar surface area (TPSA) is 66.4 Å². The van der Waals surface area contributed by atoms with E-state index >= 15 is 0 Å². The quantitative estimate of drug-likeness (QED) is 0.770. The van der Waals surface area contributed by atoms with Gasteiger partial charge >= 0.3 is 24.2 Å². The first-order chi connectivity index (χ1) is 11.6. The molecule has 0 bridgehead atoms. The molecule has 0 aliphatic carbocycles. The fraction of sp³-hybridized carbons (Fsp3) is 0.438. The zero-order valence-corrected chi connectivity index (χ0v) is 14.2. The van der Waals surface area contributed by atoms with Crippen LogP contribution in [-0.4, -0.2) is 27.2 Å². The summed E-state index contributed by atoms with van der Waals surface area (Å²) in [6.07, 6.45) is -4.79.